The van der Waals surface area contributed by atoms with Gasteiger partial charge in [-0.2, -0.15) is 4.98 Å². The molecule has 0 spiro atoms. The summed E-state index contributed by atoms with van der Waals surface area (Å²) < 4.78 is 25.4. The first kappa shape index (κ1) is 24.1. The first-order valence-electron chi connectivity index (χ1n) is 10.7. The molecular formula is C23H27FN8O3. The Morgan fingerprint density at radius 3 is 2.60 bits per heavy atom. The van der Waals surface area contributed by atoms with E-state index >= 15 is 0 Å². The Kier molecular flexibility index (Phi) is 6.65. The first-order valence-corrected chi connectivity index (χ1v) is 10.7. The van der Waals surface area contributed by atoms with Crippen LogP contribution in [0, 0.1) is 5.82 Å². The van der Waals surface area contributed by atoms with Gasteiger partial charge in [-0.15, -0.1) is 0 Å². The number of amides is 1. The quantitative estimate of drug-likeness (QED) is 0.497. The van der Waals surface area contributed by atoms with Crippen molar-refractivity contribution in [2.75, 3.05) is 47.2 Å². The summed E-state index contributed by atoms with van der Waals surface area (Å²) >= 11 is 0. The second-order valence-corrected chi connectivity index (χ2v) is 8.25. The van der Waals surface area contributed by atoms with Gasteiger partial charge in [-0.05, 0) is 38.1 Å². The molecule has 3 aromatic rings. The van der Waals surface area contributed by atoms with E-state index in [4.69, 9.17) is 9.47 Å². The number of pyridine rings is 2. The largest absolute Gasteiger partial charge is 0.474 e. The van der Waals surface area contributed by atoms with Crippen LogP contribution in [0.2, 0.25) is 0 Å². The highest BCUT2D eigenvalue weighted by Gasteiger charge is 2.36. The van der Waals surface area contributed by atoms with Crippen molar-refractivity contribution in [2.45, 2.75) is 26.9 Å². The number of nitrogens with one attached hydrogen (secondary N) is 3. The van der Waals surface area contributed by atoms with Crippen LogP contribution < -0.4 is 25.6 Å². The van der Waals surface area contributed by atoms with E-state index in [-0.39, 0.29) is 36.7 Å². The molecule has 3 aromatic heterocycles. The van der Waals surface area contributed by atoms with Crippen molar-refractivity contribution < 1.29 is 18.7 Å². The van der Waals surface area contributed by atoms with Crippen LogP contribution in [0.25, 0.3) is 0 Å². The maximum Gasteiger partial charge on any atom is 0.269 e. The first-order chi connectivity index (χ1) is 16.4. The molecule has 11 nitrogen and oxygen atoms in total. The van der Waals surface area contributed by atoms with Crippen molar-refractivity contribution in [3.05, 3.63) is 42.5 Å². The van der Waals surface area contributed by atoms with E-state index in [1.807, 2.05) is 12.1 Å². The van der Waals surface area contributed by atoms with Crippen molar-refractivity contribution in [3.63, 3.8) is 0 Å². The number of ether oxygens (including phenoxy) is 2. The van der Waals surface area contributed by atoms with Gasteiger partial charge in [-0.1, -0.05) is 7.43 Å². The Balaban J connectivity index is 0.00000289. The summed E-state index contributed by atoms with van der Waals surface area (Å²) in [5.74, 6) is 0.927. The van der Waals surface area contributed by atoms with Gasteiger partial charge < -0.3 is 30.3 Å². The molecule has 0 aromatic carbocycles. The summed E-state index contributed by atoms with van der Waals surface area (Å²) in [7, 11) is 0. The van der Waals surface area contributed by atoms with Gasteiger partial charge in [-0.3, -0.25) is 4.79 Å². The summed E-state index contributed by atoms with van der Waals surface area (Å²) in [6, 6.07) is 7.00. The summed E-state index contributed by atoms with van der Waals surface area (Å²) in [4.78, 5) is 31.2. The molecule has 1 amide bonds. The molecule has 12 heteroatoms. The zero-order valence-electron chi connectivity index (χ0n) is 18.6. The fourth-order valence-corrected chi connectivity index (χ4v) is 3.47. The Morgan fingerprint density at radius 2 is 1.86 bits per heavy atom. The number of aromatic nitrogens is 4. The summed E-state index contributed by atoms with van der Waals surface area (Å²) in [5, 5.41) is 8.53. The maximum absolute atomic E-state index is 14.4. The lowest BCUT2D eigenvalue weighted by atomic mass is 10.1. The van der Waals surface area contributed by atoms with Crippen LogP contribution in [-0.4, -0.2) is 57.7 Å². The standard InChI is InChI=1S/C22H23FN8O3.CH4/c1-22(2)20(32)29-19-15(34-22)4-5-16(28-19)27-18-14(23)12-25-21(30-18)26-13-3-6-17(24-11-13)31-7-9-33-10-8-31;/h3-6,11-12H,7-10H2,1-2H3,(H3,25,26,27,28,29,30,32);1H4. The number of carbonyl (C=O) groups is 1. The molecule has 3 N–H and O–H groups in total. The van der Waals surface area contributed by atoms with Crippen molar-refractivity contribution in [1.29, 1.82) is 0 Å². The van der Waals surface area contributed by atoms with Crippen LogP contribution in [0.4, 0.5) is 39.3 Å². The average molecular weight is 483 g/mol. The monoisotopic (exact) mass is 482 g/mol. The van der Waals surface area contributed by atoms with Crippen LogP contribution in [0.15, 0.2) is 36.7 Å². The molecular weight excluding hydrogens is 455 g/mol. The SMILES string of the molecule is C.CC1(C)Oc2ccc(Nc3nc(Nc4ccc(N5CCOCC5)nc4)ncc3F)nc2NC1=O. The number of halogens is 1. The number of nitrogens with zero attached hydrogens (tertiary/aromatic N) is 5. The van der Waals surface area contributed by atoms with Crippen molar-refractivity contribution in [1.82, 2.24) is 19.9 Å². The maximum atomic E-state index is 14.4. The molecule has 184 valence electrons. The fourth-order valence-electron chi connectivity index (χ4n) is 3.47. The predicted molar refractivity (Wildman–Crippen MR) is 130 cm³/mol. The van der Waals surface area contributed by atoms with E-state index in [2.05, 4.69) is 40.8 Å². The van der Waals surface area contributed by atoms with Gasteiger partial charge in [0.1, 0.15) is 11.6 Å². The van der Waals surface area contributed by atoms with Crippen LogP contribution in [0.3, 0.4) is 0 Å². The highest BCUT2D eigenvalue weighted by molar-refractivity contribution is 5.99. The molecule has 2 aliphatic rings. The lowest BCUT2D eigenvalue weighted by molar-refractivity contribution is -0.129. The number of morpholine rings is 1. The molecule has 5 heterocycles. The van der Waals surface area contributed by atoms with Crippen LogP contribution >= 0.6 is 0 Å². The van der Waals surface area contributed by atoms with Gasteiger partial charge in [0.15, 0.2) is 28.8 Å². The lowest BCUT2D eigenvalue weighted by Gasteiger charge is -2.30. The van der Waals surface area contributed by atoms with Gasteiger partial charge >= 0.3 is 0 Å². The minimum atomic E-state index is -1.00. The third-order valence-corrected chi connectivity index (χ3v) is 5.33. The van der Waals surface area contributed by atoms with E-state index in [0.29, 0.717) is 24.7 Å². The second-order valence-electron chi connectivity index (χ2n) is 8.25. The number of anilines is 6. The number of fused-ring (bicyclic) bond motifs is 1. The van der Waals surface area contributed by atoms with Crippen LogP contribution in [-0.2, 0) is 9.53 Å². The molecule has 1 fully saturated rings. The highest BCUT2D eigenvalue weighted by atomic mass is 19.1. The van der Waals surface area contributed by atoms with Gasteiger partial charge in [-0.25, -0.2) is 19.3 Å². The molecule has 0 atom stereocenters. The highest BCUT2D eigenvalue weighted by Crippen LogP contribution is 2.33. The number of hydrogen-bond donors (Lipinski definition) is 3. The molecule has 0 aliphatic carbocycles. The Morgan fingerprint density at radius 1 is 1.06 bits per heavy atom. The van der Waals surface area contributed by atoms with Crippen molar-refractivity contribution in [2.24, 2.45) is 0 Å². The minimum Gasteiger partial charge on any atom is -0.474 e. The number of hydrogen-bond acceptors (Lipinski definition) is 10. The van der Waals surface area contributed by atoms with Crippen molar-refractivity contribution in [3.8, 4) is 5.75 Å². The smallest absolute Gasteiger partial charge is 0.269 e. The zero-order chi connectivity index (χ0) is 23.7. The molecule has 35 heavy (non-hydrogen) atoms. The molecule has 0 radical (unpaired) electrons. The van der Waals surface area contributed by atoms with E-state index in [1.54, 1.807) is 32.2 Å². The Hall–Kier alpha value is -4.06. The van der Waals surface area contributed by atoms with E-state index in [0.717, 1.165) is 25.1 Å². The van der Waals surface area contributed by atoms with E-state index < -0.39 is 11.4 Å². The van der Waals surface area contributed by atoms with Crippen LogP contribution in [0.1, 0.15) is 21.3 Å². The van der Waals surface area contributed by atoms with Gasteiger partial charge in [0.2, 0.25) is 5.95 Å². The van der Waals surface area contributed by atoms with E-state index in [1.165, 1.54) is 0 Å². The Labute approximate surface area is 202 Å². The molecule has 2 aliphatic heterocycles. The molecule has 0 bridgehead atoms. The minimum absolute atomic E-state index is 0. The zero-order valence-corrected chi connectivity index (χ0v) is 18.6. The number of carbonyl (C=O) groups excluding carboxylic acids is 1. The van der Waals surface area contributed by atoms with Crippen LogP contribution in [0.5, 0.6) is 5.75 Å². The number of rotatable bonds is 5. The Bertz CT molecular complexity index is 1220. The second kappa shape index (κ2) is 9.66. The molecule has 1 saturated heterocycles. The topological polar surface area (TPSA) is 126 Å². The van der Waals surface area contributed by atoms with Crippen molar-refractivity contribution >= 4 is 40.8 Å². The summed E-state index contributed by atoms with van der Waals surface area (Å²) in [6.45, 7) is 6.26. The molecule has 0 unspecified atom stereocenters. The average Bonchev–Trinajstić information content (AvgIpc) is 2.83. The third-order valence-electron chi connectivity index (χ3n) is 5.33. The van der Waals surface area contributed by atoms with Gasteiger partial charge in [0, 0.05) is 13.1 Å². The third kappa shape index (κ3) is 5.22. The lowest BCUT2D eigenvalue weighted by Crippen LogP contribution is -2.46. The van der Waals surface area contributed by atoms with E-state index in [9.17, 15) is 9.18 Å². The fraction of sp³-hybridized carbons (Fsp3) is 0.348. The molecule has 5 rings (SSSR count). The molecule has 0 saturated carbocycles. The summed E-state index contributed by atoms with van der Waals surface area (Å²) in [5.41, 5.74) is -0.345. The van der Waals surface area contributed by atoms with Gasteiger partial charge in [0.05, 0.1) is 31.3 Å². The van der Waals surface area contributed by atoms with Gasteiger partial charge in [0.25, 0.3) is 5.91 Å². The normalized spacial score (nSPS) is 16.3. The summed E-state index contributed by atoms with van der Waals surface area (Å²) in [6.07, 6.45) is 2.72. The predicted octanol–water partition coefficient (Wildman–Crippen LogP) is 3.48.